The van der Waals surface area contributed by atoms with E-state index in [-0.39, 0.29) is 12.0 Å². The van der Waals surface area contributed by atoms with E-state index in [1.165, 1.54) is 0 Å². The van der Waals surface area contributed by atoms with Gasteiger partial charge in [0.05, 0.1) is 16.3 Å². The van der Waals surface area contributed by atoms with Crippen LogP contribution in [0.1, 0.15) is 17.4 Å². The Balaban J connectivity index is 2.20. The molecule has 90 valence electrons. The average molecular weight is 300 g/mol. The molecular weight excluding hydrogens is 289 g/mol. The highest BCUT2D eigenvalue weighted by Crippen LogP contribution is 2.25. The molecule has 0 fully saturated rings. The van der Waals surface area contributed by atoms with Gasteiger partial charge in [-0.05, 0) is 22.0 Å². The summed E-state index contributed by atoms with van der Waals surface area (Å²) in [6.07, 6.45) is 1.00. The van der Waals surface area contributed by atoms with Crippen molar-refractivity contribution in [3.05, 3.63) is 45.9 Å². The van der Waals surface area contributed by atoms with E-state index in [1.807, 2.05) is 0 Å². The van der Waals surface area contributed by atoms with Crippen LogP contribution in [-0.2, 0) is 13.5 Å². The number of aromatic nitrogens is 3. The molecule has 17 heavy (non-hydrogen) atoms. The Morgan fingerprint density at radius 3 is 2.94 bits per heavy atom. The van der Waals surface area contributed by atoms with Gasteiger partial charge in [-0.25, -0.2) is 4.39 Å². The van der Waals surface area contributed by atoms with E-state index in [4.69, 9.17) is 0 Å². The fourth-order valence-corrected chi connectivity index (χ4v) is 1.96. The Labute approximate surface area is 106 Å². The largest absolute Gasteiger partial charge is 0.388 e. The van der Waals surface area contributed by atoms with Gasteiger partial charge < -0.3 is 5.11 Å². The Morgan fingerprint density at radius 2 is 2.29 bits per heavy atom. The van der Waals surface area contributed by atoms with Crippen LogP contribution in [-0.4, -0.2) is 20.1 Å². The predicted octanol–water partition coefficient (Wildman–Crippen LogP) is 1.99. The normalized spacial score (nSPS) is 12.7. The van der Waals surface area contributed by atoms with Gasteiger partial charge >= 0.3 is 0 Å². The van der Waals surface area contributed by atoms with Crippen molar-refractivity contribution in [3.63, 3.8) is 0 Å². The van der Waals surface area contributed by atoms with E-state index in [2.05, 4.69) is 26.2 Å². The van der Waals surface area contributed by atoms with E-state index < -0.39 is 11.9 Å². The summed E-state index contributed by atoms with van der Waals surface area (Å²) in [6.45, 7) is 0. The molecule has 1 aromatic heterocycles. The molecule has 2 rings (SSSR count). The first-order valence-electron chi connectivity index (χ1n) is 5.05. The van der Waals surface area contributed by atoms with Crippen LogP contribution < -0.4 is 0 Å². The van der Waals surface area contributed by atoms with Crippen molar-refractivity contribution < 1.29 is 9.50 Å². The van der Waals surface area contributed by atoms with Gasteiger partial charge in [0.15, 0.2) is 0 Å². The number of aliphatic hydroxyl groups is 1. The van der Waals surface area contributed by atoms with Gasteiger partial charge in [0, 0.05) is 25.2 Å². The smallest absolute Gasteiger partial charge is 0.143 e. The lowest BCUT2D eigenvalue weighted by Crippen LogP contribution is -2.05. The first-order chi connectivity index (χ1) is 8.08. The van der Waals surface area contributed by atoms with E-state index >= 15 is 0 Å². The molecule has 1 unspecified atom stereocenters. The molecule has 1 N–H and O–H groups in total. The lowest BCUT2D eigenvalue weighted by molar-refractivity contribution is 0.172. The van der Waals surface area contributed by atoms with Crippen LogP contribution in [0, 0.1) is 5.82 Å². The summed E-state index contributed by atoms with van der Waals surface area (Å²) in [5, 5.41) is 17.6. The molecule has 0 saturated heterocycles. The van der Waals surface area contributed by atoms with Crippen molar-refractivity contribution in [2.45, 2.75) is 12.5 Å². The Kier molecular flexibility index (Phi) is 3.54. The summed E-state index contributed by atoms with van der Waals surface area (Å²) >= 11 is 3.09. The van der Waals surface area contributed by atoms with Gasteiger partial charge in [0.2, 0.25) is 0 Å². The zero-order valence-corrected chi connectivity index (χ0v) is 10.7. The molecule has 2 aromatic rings. The summed E-state index contributed by atoms with van der Waals surface area (Å²) in [7, 11) is 1.74. The minimum absolute atomic E-state index is 0.237. The molecular formula is C11H11BrFN3O. The van der Waals surface area contributed by atoms with Crippen LogP contribution in [0.5, 0.6) is 0 Å². The molecule has 1 aromatic carbocycles. The van der Waals surface area contributed by atoms with Crippen molar-refractivity contribution >= 4 is 15.9 Å². The van der Waals surface area contributed by atoms with Crippen molar-refractivity contribution in [2.24, 2.45) is 7.05 Å². The highest BCUT2D eigenvalue weighted by atomic mass is 79.9. The van der Waals surface area contributed by atoms with Crippen molar-refractivity contribution in [2.75, 3.05) is 0 Å². The molecule has 0 amide bonds. The fraction of sp³-hybridized carbons (Fsp3) is 0.273. The lowest BCUT2D eigenvalue weighted by Gasteiger charge is -2.10. The van der Waals surface area contributed by atoms with Crippen LogP contribution in [0.15, 0.2) is 28.9 Å². The highest BCUT2D eigenvalue weighted by molar-refractivity contribution is 9.10. The number of halogens is 2. The van der Waals surface area contributed by atoms with E-state index in [1.54, 1.807) is 36.1 Å². The molecule has 6 heteroatoms. The van der Waals surface area contributed by atoms with E-state index in [9.17, 15) is 9.50 Å². The number of hydrogen-bond acceptors (Lipinski definition) is 3. The standard InChI is InChI=1S/C11H11BrFN3O/c1-16-6-7(14-15-16)5-10(17)8-3-2-4-9(12)11(8)13/h2-4,6,10,17H,5H2,1H3. The lowest BCUT2D eigenvalue weighted by atomic mass is 10.0. The van der Waals surface area contributed by atoms with Crippen LogP contribution in [0.3, 0.4) is 0 Å². The Morgan fingerprint density at radius 1 is 1.53 bits per heavy atom. The SMILES string of the molecule is Cn1cc(CC(O)c2cccc(Br)c2F)nn1. The number of hydrogen-bond donors (Lipinski definition) is 1. The number of benzene rings is 1. The summed E-state index contributed by atoms with van der Waals surface area (Å²) in [6, 6.07) is 4.83. The van der Waals surface area contributed by atoms with Crippen LogP contribution >= 0.6 is 15.9 Å². The van der Waals surface area contributed by atoms with Gasteiger partial charge in [-0.2, -0.15) is 0 Å². The van der Waals surface area contributed by atoms with Gasteiger partial charge in [-0.3, -0.25) is 4.68 Å². The number of aryl methyl sites for hydroxylation is 1. The second-order valence-corrected chi connectivity index (χ2v) is 4.60. The van der Waals surface area contributed by atoms with Crippen LogP contribution in [0.4, 0.5) is 4.39 Å². The number of aliphatic hydroxyl groups excluding tert-OH is 1. The van der Waals surface area contributed by atoms with Gasteiger partial charge in [-0.1, -0.05) is 17.3 Å². The minimum atomic E-state index is -0.927. The molecule has 0 radical (unpaired) electrons. The summed E-state index contributed by atoms with van der Waals surface area (Å²) < 4.78 is 15.6. The Bertz CT molecular complexity index is 529. The third-order valence-electron chi connectivity index (χ3n) is 2.39. The maximum absolute atomic E-state index is 13.7. The zero-order valence-electron chi connectivity index (χ0n) is 9.14. The minimum Gasteiger partial charge on any atom is -0.388 e. The van der Waals surface area contributed by atoms with Gasteiger partial charge in [0.25, 0.3) is 0 Å². The Hall–Kier alpha value is -1.27. The topological polar surface area (TPSA) is 50.9 Å². The van der Waals surface area contributed by atoms with Gasteiger partial charge in [-0.15, -0.1) is 5.10 Å². The molecule has 4 nitrogen and oxygen atoms in total. The summed E-state index contributed by atoms with van der Waals surface area (Å²) in [5.74, 6) is -0.441. The quantitative estimate of drug-likeness (QED) is 0.943. The van der Waals surface area contributed by atoms with Crippen LogP contribution in [0.25, 0.3) is 0 Å². The third-order valence-corrected chi connectivity index (χ3v) is 3.01. The molecule has 1 heterocycles. The van der Waals surface area contributed by atoms with Gasteiger partial charge in [0.1, 0.15) is 5.82 Å². The molecule has 1 atom stereocenters. The second-order valence-electron chi connectivity index (χ2n) is 3.75. The number of nitrogens with zero attached hydrogens (tertiary/aromatic N) is 3. The van der Waals surface area contributed by atoms with Crippen LogP contribution in [0.2, 0.25) is 0 Å². The monoisotopic (exact) mass is 299 g/mol. The summed E-state index contributed by atoms with van der Waals surface area (Å²) in [4.78, 5) is 0. The average Bonchev–Trinajstić information content (AvgIpc) is 2.68. The third kappa shape index (κ3) is 2.70. The maximum Gasteiger partial charge on any atom is 0.143 e. The molecule has 0 aliphatic rings. The number of rotatable bonds is 3. The first-order valence-corrected chi connectivity index (χ1v) is 5.84. The highest BCUT2D eigenvalue weighted by Gasteiger charge is 2.16. The predicted molar refractivity (Wildman–Crippen MR) is 63.8 cm³/mol. The van der Waals surface area contributed by atoms with Crippen molar-refractivity contribution in [3.8, 4) is 0 Å². The van der Waals surface area contributed by atoms with E-state index in [0.29, 0.717) is 10.2 Å². The van der Waals surface area contributed by atoms with E-state index in [0.717, 1.165) is 0 Å². The molecule has 0 aliphatic heterocycles. The molecule has 0 bridgehead atoms. The summed E-state index contributed by atoms with van der Waals surface area (Å²) in [5.41, 5.74) is 0.879. The second kappa shape index (κ2) is 4.93. The molecule has 0 saturated carbocycles. The molecule has 0 spiro atoms. The molecule has 0 aliphatic carbocycles. The first kappa shape index (κ1) is 12.2. The maximum atomic E-state index is 13.7. The fourth-order valence-electron chi connectivity index (χ4n) is 1.57. The van der Waals surface area contributed by atoms with Crippen molar-refractivity contribution in [1.82, 2.24) is 15.0 Å². The zero-order chi connectivity index (χ0) is 12.4. The van der Waals surface area contributed by atoms with Crippen molar-refractivity contribution in [1.29, 1.82) is 0 Å².